The van der Waals surface area contributed by atoms with Crippen LogP contribution in [0.15, 0.2) is 103 Å². The van der Waals surface area contributed by atoms with Crippen LogP contribution in [-0.2, 0) is 6.54 Å². The van der Waals surface area contributed by atoms with Gasteiger partial charge in [-0.25, -0.2) is 4.98 Å². The minimum Gasteiger partial charge on any atom is -0.323 e. The number of aryl methyl sites for hydroxylation is 1. The van der Waals surface area contributed by atoms with Gasteiger partial charge in [-0.2, -0.15) is 0 Å². The first-order valence-electron chi connectivity index (χ1n) is 14.3. The molecule has 0 saturated heterocycles. The molecule has 188 valence electrons. The van der Waals surface area contributed by atoms with Crippen LogP contribution in [-0.4, -0.2) is 9.55 Å². The van der Waals surface area contributed by atoms with Crippen molar-refractivity contribution in [1.82, 2.24) is 9.55 Å². The summed E-state index contributed by atoms with van der Waals surface area (Å²) < 4.78 is 2.53. The molecular weight excluding hydrogens is 472 g/mol. The highest BCUT2D eigenvalue weighted by Crippen LogP contribution is 2.42. The van der Waals surface area contributed by atoms with E-state index in [-0.39, 0.29) is 0 Å². The summed E-state index contributed by atoms with van der Waals surface area (Å²) >= 11 is 0. The smallest absolute Gasteiger partial charge is 0.141 e. The number of unbranched alkanes of at least 4 members (excludes halogenated alkanes) is 3. The van der Waals surface area contributed by atoms with Crippen LogP contribution in [0.5, 0.6) is 0 Å². The quantitative estimate of drug-likeness (QED) is 0.163. The molecule has 0 aliphatic heterocycles. The molecule has 0 unspecified atom stereocenters. The van der Waals surface area contributed by atoms with E-state index in [4.69, 9.17) is 4.98 Å². The highest BCUT2D eigenvalue weighted by Gasteiger charge is 2.21. The molecule has 2 nitrogen and oxygen atoms in total. The van der Waals surface area contributed by atoms with Crippen LogP contribution in [0.1, 0.15) is 32.6 Å². The van der Waals surface area contributed by atoms with Crippen LogP contribution in [0.2, 0.25) is 0 Å². The maximum absolute atomic E-state index is 5.51. The first kappa shape index (κ1) is 22.5. The Labute approximate surface area is 227 Å². The molecule has 2 heteroatoms. The third-order valence-corrected chi connectivity index (χ3v) is 8.63. The Morgan fingerprint density at radius 3 is 1.95 bits per heavy atom. The third kappa shape index (κ3) is 3.31. The summed E-state index contributed by atoms with van der Waals surface area (Å²) in [7, 11) is 0. The zero-order chi connectivity index (χ0) is 25.9. The van der Waals surface area contributed by atoms with Crippen molar-refractivity contribution in [3.05, 3.63) is 103 Å². The van der Waals surface area contributed by atoms with Crippen molar-refractivity contribution in [2.45, 2.75) is 39.2 Å². The van der Waals surface area contributed by atoms with E-state index in [2.05, 4.69) is 115 Å². The fourth-order valence-corrected chi connectivity index (χ4v) is 6.81. The van der Waals surface area contributed by atoms with Gasteiger partial charge >= 0.3 is 0 Å². The monoisotopic (exact) mass is 502 g/mol. The minimum atomic E-state index is 0.968. The Balaban J connectivity index is 1.50. The van der Waals surface area contributed by atoms with E-state index in [0.717, 1.165) is 24.3 Å². The largest absolute Gasteiger partial charge is 0.323 e. The number of aromatic nitrogens is 2. The van der Waals surface area contributed by atoms with Gasteiger partial charge in [0.15, 0.2) is 0 Å². The van der Waals surface area contributed by atoms with Crippen molar-refractivity contribution in [3.8, 4) is 11.4 Å². The van der Waals surface area contributed by atoms with Crippen molar-refractivity contribution in [3.63, 3.8) is 0 Å². The molecule has 0 N–H and O–H groups in total. The topological polar surface area (TPSA) is 17.8 Å². The molecule has 1 heterocycles. The molecule has 0 radical (unpaired) electrons. The number of nitrogens with zero attached hydrogens (tertiary/aromatic N) is 2. The average Bonchev–Trinajstić information content (AvgIpc) is 3.38. The third-order valence-electron chi connectivity index (χ3n) is 8.63. The fraction of sp³-hybridized carbons (Fsp3) is 0.162. The lowest BCUT2D eigenvalue weighted by Crippen LogP contribution is -2.02. The van der Waals surface area contributed by atoms with Crippen LogP contribution in [0.4, 0.5) is 0 Å². The number of fused-ring (bicyclic) bond motifs is 6. The van der Waals surface area contributed by atoms with Gasteiger partial charge in [-0.3, -0.25) is 0 Å². The van der Waals surface area contributed by atoms with Crippen molar-refractivity contribution in [2.75, 3.05) is 0 Å². The second-order valence-corrected chi connectivity index (χ2v) is 10.9. The first-order chi connectivity index (χ1) is 19.3. The van der Waals surface area contributed by atoms with E-state index in [1.807, 2.05) is 0 Å². The molecule has 0 aliphatic carbocycles. The molecule has 8 rings (SSSR count). The molecule has 39 heavy (non-hydrogen) atoms. The fourth-order valence-electron chi connectivity index (χ4n) is 6.81. The Kier molecular flexibility index (Phi) is 5.09. The van der Waals surface area contributed by atoms with Gasteiger partial charge < -0.3 is 4.57 Å². The minimum absolute atomic E-state index is 0.968. The first-order valence-corrected chi connectivity index (χ1v) is 14.3. The molecule has 0 atom stereocenters. The molecule has 1 aromatic heterocycles. The van der Waals surface area contributed by atoms with Gasteiger partial charge in [0, 0.05) is 22.9 Å². The number of rotatable bonds is 6. The summed E-state index contributed by atoms with van der Waals surface area (Å²) in [6, 6.07) is 38.0. The average molecular weight is 503 g/mol. The maximum Gasteiger partial charge on any atom is 0.141 e. The van der Waals surface area contributed by atoms with E-state index in [1.165, 1.54) is 84.2 Å². The van der Waals surface area contributed by atoms with Crippen LogP contribution in [0.25, 0.3) is 76.3 Å². The van der Waals surface area contributed by atoms with Crippen LogP contribution >= 0.6 is 0 Å². The summed E-state index contributed by atoms with van der Waals surface area (Å²) in [5.41, 5.74) is 3.60. The Hall–Kier alpha value is -4.43. The van der Waals surface area contributed by atoms with Gasteiger partial charge in [0.1, 0.15) is 5.82 Å². The van der Waals surface area contributed by atoms with E-state index in [9.17, 15) is 0 Å². The second-order valence-electron chi connectivity index (χ2n) is 10.9. The van der Waals surface area contributed by atoms with Gasteiger partial charge in [0.25, 0.3) is 0 Å². The second kappa shape index (κ2) is 8.81. The zero-order valence-electron chi connectivity index (χ0n) is 22.2. The summed E-state index contributed by atoms with van der Waals surface area (Å²) in [5, 5.41) is 13.0. The van der Waals surface area contributed by atoms with Crippen LogP contribution < -0.4 is 0 Å². The van der Waals surface area contributed by atoms with Crippen molar-refractivity contribution >= 4 is 64.9 Å². The van der Waals surface area contributed by atoms with Gasteiger partial charge in [-0.1, -0.05) is 129 Å². The maximum atomic E-state index is 5.51. The van der Waals surface area contributed by atoms with Crippen LogP contribution in [0.3, 0.4) is 0 Å². The van der Waals surface area contributed by atoms with Crippen molar-refractivity contribution in [1.29, 1.82) is 0 Å². The zero-order valence-corrected chi connectivity index (χ0v) is 22.2. The van der Waals surface area contributed by atoms with Gasteiger partial charge in [0.05, 0.1) is 11.0 Å². The molecule has 0 aliphatic rings. The van der Waals surface area contributed by atoms with Crippen molar-refractivity contribution < 1.29 is 0 Å². The SMILES string of the molecule is CCCCCCn1c(-c2ccc3ccc4cccc5ccc2c3c45)nc2c3ccccc3c3ccccc3c21. The number of hydrogen-bond acceptors (Lipinski definition) is 1. The molecule has 7 aromatic carbocycles. The predicted octanol–water partition coefficient (Wildman–Crippen LogP) is 10.5. The van der Waals surface area contributed by atoms with E-state index >= 15 is 0 Å². The summed E-state index contributed by atoms with van der Waals surface area (Å²) in [6.45, 7) is 3.25. The molecular formula is C37H30N2. The van der Waals surface area contributed by atoms with E-state index in [0.29, 0.717) is 0 Å². The number of imidazole rings is 1. The highest BCUT2D eigenvalue weighted by molar-refractivity contribution is 6.27. The molecule has 0 bridgehead atoms. The molecule has 0 fully saturated rings. The molecule has 0 saturated carbocycles. The van der Waals surface area contributed by atoms with E-state index in [1.54, 1.807) is 0 Å². The number of hydrogen-bond donors (Lipinski definition) is 0. The molecule has 8 aromatic rings. The highest BCUT2D eigenvalue weighted by atomic mass is 15.1. The van der Waals surface area contributed by atoms with Crippen LogP contribution in [0, 0.1) is 0 Å². The summed E-state index contributed by atoms with van der Waals surface area (Å²) in [6.07, 6.45) is 4.89. The summed E-state index contributed by atoms with van der Waals surface area (Å²) in [5.74, 6) is 1.08. The lowest BCUT2D eigenvalue weighted by atomic mass is 9.92. The summed E-state index contributed by atoms with van der Waals surface area (Å²) in [4.78, 5) is 5.51. The number of benzene rings is 7. The normalized spacial score (nSPS) is 12.2. The lowest BCUT2D eigenvalue weighted by Gasteiger charge is -2.16. The van der Waals surface area contributed by atoms with Gasteiger partial charge in [0.2, 0.25) is 0 Å². The van der Waals surface area contributed by atoms with Gasteiger partial charge in [-0.15, -0.1) is 0 Å². The Bertz CT molecular complexity index is 2150. The predicted molar refractivity (Wildman–Crippen MR) is 168 cm³/mol. The Morgan fingerprint density at radius 1 is 0.538 bits per heavy atom. The van der Waals surface area contributed by atoms with Crippen molar-refractivity contribution in [2.24, 2.45) is 0 Å². The standard InChI is InChI=1S/C37H30N2/c1-2-3-4-9-23-39-36-31-16-8-6-14-28(31)27-13-5-7-15-30(27)35(36)38-37(39)32-22-20-26-18-17-24-11-10-12-25-19-21-29(32)34(26)33(24)25/h5-8,10-22H,2-4,9,23H2,1H3. The molecule has 0 spiro atoms. The Morgan fingerprint density at radius 2 is 1.18 bits per heavy atom. The molecule has 0 amide bonds. The lowest BCUT2D eigenvalue weighted by molar-refractivity contribution is 0.595. The van der Waals surface area contributed by atoms with Gasteiger partial charge in [-0.05, 0) is 49.5 Å². The van der Waals surface area contributed by atoms with E-state index < -0.39 is 0 Å².